The van der Waals surface area contributed by atoms with Crippen LogP contribution in [0.5, 0.6) is 0 Å². The van der Waals surface area contributed by atoms with E-state index in [0.29, 0.717) is 5.71 Å². The van der Waals surface area contributed by atoms with Crippen molar-refractivity contribution < 1.29 is 4.52 Å². The third-order valence-electron chi connectivity index (χ3n) is 3.79. The molecule has 0 saturated carbocycles. The summed E-state index contributed by atoms with van der Waals surface area (Å²) in [4.78, 5) is 13.1. The first kappa shape index (κ1) is 13.4. The molecular formula is C13H15N7OS. The van der Waals surface area contributed by atoms with E-state index in [9.17, 15) is 0 Å². The highest BCUT2D eigenvalue weighted by molar-refractivity contribution is 7.15. The lowest BCUT2D eigenvalue weighted by Gasteiger charge is -2.35. The SMILES string of the molecule is Cc1nnc(N2CCN(c3ncnc4onc(C)c34)CC2)s1. The maximum absolute atomic E-state index is 5.22. The van der Waals surface area contributed by atoms with Gasteiger partial charge in [-0.05, 0) is 13.8 Å². The second kappa shape index (κ2) is 5.16. The highest BCUT2D eigenvalue weighted by Gasteiger charge is 2.23. The lowest BCUT2D eigenvalue weighted by atomic mass is 10.2. The van der Waals surface area contributed by atoms with Gasteiger partial charge in [-0.25, -0.2) is 4.98 Å². The van der Waals surface area contributed by atoms with Gasteiger partial charge in [-0.3, -0.25) is 0 Å². The molecule has 0 atom stereocenters. The minimum absolute atomic E-state index is 0.546. The van der Waals surface area contributed by atoms with Crippen molar-refractivity contribution in [1.82, 2.24) is 25.3 Å². The van der Waals surface area contributed by atoms with Crippen LogP contribution in [0.4, 0.5) is 10.9 Å². The topological polar surface area (TPSA) is 84.1 Å². The molecule has 1 aliphatic heterocycles. The quantitative estimate of drug-likeness (QED) is 0.701. The van der Waals surface area contributed by atoms with Crippen molar-refractivity contribution in [2.24, 2.45) is 0 Å². The summed E-state index contributed by atoms with van der Waals surface area (Å²) in [5.74, 6) is 0.900. The van der Waals surface area contributed by atoms with E-state index < -0.39 is 0 Å². The number of hydrogen-bond acceptors (Lipinski definition) is 9. The molecule has 1 fully saturated rings. The highest BCUT2D eigenvalue weighted by Crippen LogP contribution is 2.28. The molecule has 0 unspecified atom stereocenters. The van der Waals surface area contributed by atoms with E-state index in [1.807, 2.05) is 13.8 Å². The van der Waals surface area contributed by atoms with Crippen molar-refractivity contribution in [3.8, 4) is 0 Å². The van der Waals surface area contributed by atoms with Crippen LogP contribution in [0.25, 0.3) is 11.1 Å². The molecule has 0 radical (unpaired) electrons. The van der Waals surface area contributed by atoms with Gasteiger partial charge >= 0.3 is 0 Å². The lowest BCUT2D eigenvalue weighted by Crippen LogP contribution is -2.46. The van der Waals surface area contributed by atoms with Gasteiger partial charge in [-0.15, -0.1) is 10.2 Å². The predicted molar refractivity (Wildman–Crippen MR) is 83.4 cm³/mol. The normalized spacial score (nSPS) is 15.7. The zero-order valence-corrected chi connectivity index (χ0v) is 13.2. The molecule has 0 spiro atoms. The largest absolute Gasteiger partial charge is 0.352 e. The molecule has 9 heteroatoms. The lowest BCUT2D eigenvalue weighted by molar-refractivity contribution is 0.442. The van der Waals surface area contributed by atoms with Crippen LogP contribution in [0.1, 0.15) is 10.7 Å². The summed E-state index contributed by atoms with van der Waals surface area (Å²) in [6, 6.07) is 0. The van der Waals surface area contributed by atoms with Gasteiger partial charge in [0.2, 0.25) is 5.13 Å². The van der Waals surface area contributed by atoms with Gasteiger partial charge in [-0.1, -0.05) is 16.5 Å². The molecule has 1 aliphatic rings. The molecule has 4 heterocycles. The Bertz CT molecular complexity index is 806. The number of fused-ring (bicyclic) bond motifs is 1. The Kier molecular flexibility index (Phi) is 3.14. The number of rotatable bonds is 2. The van der Waals surface area contributed by atoms with Crippen molar-refractivity contribution >= 4 is 33.4 Å². The van der Waals surface area contributed by atoms with Crippen LogP contribution in [0.15, 0.2) is 10.9 Å². The van der Waals surface area contributed by atoms with Crippen molar-refractivity contribution in [3.05, 3.63) is 17.0 Å². The first-order valence-electron chi connectivity index (χ1n) is 7.09. The molecule has 0 N–H and O–H groups in total. The summed E-state index contributed by atoms with van der Waals surface area (Å²) in [5, 5.41) is 15.2. The zero-order chi connectivity index (χ0) is 15.1. The van der Waals surface area contributed by atoms with Crippen LogP contribution in [0, 0.1) is 13.8 Å². The third kappa shape index (κ3) is 2.17. The molecule has 114 valence electrons. The Morgan fingerprint density at radius 2 is 1.82 bits per heavy atom. The monoisotopic (exact) mass is 317 g/mol. The molecule has 22 heavy (non-hydrogen) atoms. The molecule has 4 rings (SSSR count). The highest BCUT2D eigenvalue weighted by atomic mass is 32.1. The van der Waals surface area contributed by atoms with Gasteiger partial charge in [0.1, 0.15) is 22.5 Å². The van der Waals surface area contributed by atoms with E-state index in [1.165, 1.54) is 6.33 Å². The number of anilines is 2. The maximum Gasteiger partial charge on any atom is 0.263 e. The molecule has 3 aromatic heterocycles. The number of nitrogens with zero attached hydrogens (tertiary/aromatic N) is 7. The summed E-state index contributed by atoms with van der Waals surface area (Å²) < 4.78 is 5.22. The fourth-order valence-corrected chi connectivity index (χ4v) is 3.41. The first-order valence-corrected chi connectivity index (χ1v) is 7.91. The average Bonchev–Trinajstić information content (AvgIpc) is 3.14. The molecule has 0 aromatic carbocycles. The van der Waals surface area contributed by atoms with Crippen LogP contribution in [-0.4, -0.2) is 51.5 Å². The summed E-state index contributed by atoms with van der Waals surface area (Å²) in [6.45, 7) is 7.42. The van der Waals surface area contributed by atoms with E-state index in [0.717, 1.165) is 53.2 Å². The van der Waals surface area contributed by atoms with Crippen LogP contribution < -0.4 is 9.80 Å². The van der Waals surface area contributed by atoms with E-state index >= 15 is 0 Å². The van der Waals surface area contributed by atoms with Gasteiger partial charge in [0, 0.05) is 26.2 Å². The van der Waals surface area contributed by atoms with Crippen LogP contribution in [0.3, 0.4) is 0 Å². The summed E-state index contributed by atoms with van der Waals surface area (Å²) in [5.41, 5.74) is 1.37. The Labute approximate surface area is 130 Å². The van der Waals surface area contributed by atoms with Crippen molar-refractivity contribution in [3.63, 3.8) is 0 Å². The van der Waals surface area contributed by atoms with Crippen molar-refractivity contribution in [1.29, 1.82) is 0 Å². The minimum Gasteiger partial charge on any atom is -0.352 e. The van der Waals surface area contributed by atoms with Crippen molar-refractivity contribution in [2.45, 2.75) is 13.8 Å². The van der Waals surface area contributed by atoms with Gasteiger partial charge in [0.25, 0.3) is 5.71 Å². The van der Waals surface area contributed by atoms with E-state index in [4.69, 9.17) is 4.52 Å². The van der Waals surface area contributed by atoms with Gasteiger partial charge < -0.3 is 14.3 Å². The molecule has 8 nitrogen and oxygen atoms in total. The van der Waals surface area contributed by atoms with Gasteiger partial charge in [-0.2, -0.15) is 4.98 Å². The van der Waals surface area contributed by atoms with Crippen LogP contribution >= 0.6 is 11.3 Å². The summed E-state index contributed by atoms with van der Waals surface area (Å²) in [6.07, 6.45) is 1.53. The molecule has 0 bridgehead atoms. The smallest absolute Gasteiger partial charge is 0.263 e. The fraction of sp³-hybridized carbons (Fsp3) is 0.462. The van der Waals surface area contributed by atoms with E-state index in [-0.39, 0.29) is 0 Å². The maximum atomic E-state index is 5.22. The first-order chi connectivity index (χ1) is 10.7. The predicted octanol–water partition coefficient (Wildman–Crippen LogP) is 1.41. The number of hydrogen-bond donors (Lipinski definition) is 0. The second-order valence-corrected chi connectivity index (χ2v) is 6.38. The Balaban J connectivity index is 1.57. The van der Waals surface area contributed by atoms with Crippen LogP contribution in [-0.2, 0) is 0 Å². The number of piperazine rings is 1. The Hall–Kier alpha value is -2.29. The van der Waals surface area contributed by atoms with E-state index in [2.05, 4.69) is 35.1 Å². The second-order valence-electron chi connectivity index (χ2n) is 5.22. The molecule has 0 aliphatic carbocycles. The Morgan fingerprint density at radius 3 is 2.55 bits per heavy atom. The molecule has 3 aromatic rings. The summed E-state index contributed by atoms with van der Waals surface area (Å²) >= 11 is 1.63. The van der Waals surface area contributed by atoms with Gasteiger partial charge in [0.05, 0.1) is 5.69 Å². The molecule has 1 saturated heterocycles. The Morgan fingerprint density at radius 1 is 1.05 bits per heavy atom. The summed E-state index contributed by atoms with van der Waals surface area (Å²) in [7, 11) is 0. The zero-order valence-electron chi connectivity index (χ0n) is 12.4. The van der Waals surface area contributed by atoms with E-state index in [1.54, 1.807) is 11.3 Å². The standard InChI is InChI=1S/C13H15N7OS/c1-8-10-11(14-7-15-12(10)21-18-8)19-3-5-20(6-4-19)13-17-16-9(2)22-13/h7H,3-6H2,1-2H3. The van der Waals surface area contributed by atoms with Gasteiger partial charge in [0.15, 0.2) is 0 Å². The third-order valence-corrected chi connectivity index (χ3v) is 4.69. The molecular weight excluding hydrogens is 302 g/mol. The van der Waals surface area contributed by atoms with Crippen molar-refractivity contribution in [2.75, 3.05) is 36.0 Å². The molecule has 0 amide bonds. The number of aryl methyl sites for hydroxylation is 2. The number of aromatic nitrogens is 5. The average molecular weight is 317 g/mol. The van der Waals surface area contributed by atoms with Crippen LogP contribution in [0.2, 0.25) is 0 Å². The fourth-order valence-electron chi connectivity index (χ4n) is 2.67. The minimum atomic E-state index is 0.546.